The highest BCUT2D eigenvalue weighted by atomic mass is 15.1. The van der Waals surface area contributed by atoms with Crippen molar-refractivity contribution in [1.82, 2.24) is 4.57 Å². The summed E-state index contributed by atoms with van der Waals surface area (Å²) in [6, 6.07) is 70.0. The van der Waals surface area contributed by atoms with E-state index in [1.807, 2.05) is 0 Å². The smallest absolute Gasteiger partial charge is 0.0547 e. The summed E-state index contributed by atoms with van der Waals surface area (Å²) in [6.45, 7) is 0. The van der Waals surface area contributed by atoms with Gasteiger partial charge in [-0.3, -0.25) is 0 Å². The highest BCUT2D eigenvalue weighted by Crippen LogP contribution is 2.42. The fourth-order valence-corrected chi connectivity index (χ4v) is 7.86. The van der Waals surface area contributed by atoms with Crippen molar-refractivity contribution in [3.8, 4) is 16.8 Å². The number of hydrogen-bond donors (Lipinski definition) is 0. The number of hydrogen-bond acceptors (Lipinski definition) is 1. The second kappa shape index (κ2) is 12.5. The zero-order chi connectivity index (χ0) is 34.4. The van der Waals surface area contributed by atoms with Crippen LogP contribution >= 0.6 is 0 Å². The number of fused-ring (bicyclic) bond motifs is 1. The molecule has 9 aromatic carbocycles. The predicted octanol–water partition coefficient (Wildman–Crippen LogP) is 13.8. The molecule has 0 aliphatic rings. The molecule has 0 N–H and O–H groups in total. The van der Waals surface area contributed by atoms with E-state index in [4.69, 9.17) is 0 Å². The van der Waals surface area contributed by atoms with Gasteiger partial charge in [0.2, 0.25) is 0 Å². The Labute approximate surface area is 303 Å². The van der Waals surface area contributed by atoms with Crippen molar-refractivity contribution in [2.24, 2.45) is 0 Å². The van der Waals surface area contributed by atoms with E-state index < -0.39 is 0 Å². The van der Waals surface area contributed by atoms with Crippen LogP contribution in [0, 0.1) is 0 Å². The zero-order valence-electron chi connectivity index (χ0n) is 28.5. The molecular formula is C50H34N2. The van der Waals surface area contributed by atoms with Crippen molar-refractivity contribution in [3.63, 3.8) is 0 Å². The molecular weight excluding hydrogens is 629 g/mol. The Morgan fingerprint density at radius 2 is 1.00 bits per heavy atom. The largest absolute Gasteiger partial charge is 0.310 e. The van der Waals surface area contributed by atoms with Gasteiger partial charge in [0, 0.05) is 33.5 Å². The molecule has 0 aliphatic heterocycles. The van der Waals surface area contributed by atoms with Gasteiger partial charge in [0.05, 0.1) is 11.0 Å². The Morgan fingerprint density at radius 3 is 1.75 bits per heavy atom. The van der Waals surface area contributed by atoms with Gasteiger partial charge >= 0.3 is 0 Å². The van der Waals surface area contributed by atoms with Gasteiger partial charge in [-0.25, -0.2) is 0 Å². The third-order valence-electron chi connectivity index (χ3n) is 10.3. The summed E-state index contributed by atoms with van der Waals surface area (Å²) in [5.41, 5.74) is 11.9. The summed E-state index contributed by atoms with van der Waals surface area (Å²) in [5, 5.41) is 7.65. The molecule has 0 saturated heterocycles. The monoisotopic (exact) mass is 662 g/mol. The van der Waals surface area contributed by atoms with Crippen molar-refractivity contribution >= 4 is 72.6 Å². The molecule has 1 heterocycles. The maximum absolute atomic E-state index is 2.40. The first-order valence-corrected chi connectivity index (χ1v) is 17.8. The number of nitrogens with zero attached hydrogens (tertiary/aromatic N) is 2. The minimum Gasteiger partial charge on any atom is -0.310 e. The molecule has 0 fully saturated rings. The lowest BCUT2D eigenvalue weighted by atomic mass is 9.94. The SMILES string of the molecule is C(=Cc1ccc2cc(N(c3ccccc3)c3ccccc3)ccc2c1)c1ccc(-c2ccc3c4c2ccc2cccc(c24)n3-c2ccccc2)cc1. The number of rotatable bonds is 7. The van der Waals surface area contributed by atoms with Crippen molar-refractivity contribution < 1.29 is 0 Å². The van der Waals surface area contributed by atoms with Crippen LogP contribution < -0.4 is 4.90 Å². The summed E-state index contributed by atoms with van der Waals surface area (Å²) in [4.78, 5) is 2.31. The van der Waals surface area contributed by atoms with Crippen molar-refractivity contribution in [2.75, 3.05) is 4.90 Å². The van der Waals surface area contributed by atoms with Crippen LogP contribution in [0.2, 0.25) is 0 Å². The molecule has 0 unspecified atom stereocenters. The van der Waals surface area contributed by atoms with Gasteiger partial charge in [-0.1, -0.05) is 140 Å². The molecule has 244 valence electrons. The first kappa shape index (κ1) is 30.0. The first-order valence-electron chi connectivity index (χ1n) is 17.8. The Kier molecular flexibility index (Phi) is 7.18. The molecule has 10 aromatic rings. The van der Waals surface area contributed by atoms with Crippen LogP contribution in [0.3, 0.4) is 0 Å². The zero-order valence-corrected chi connectivity index (χ0v) is 28.5. The van der Waals surface area contributed by atoms with Crippen molar-refractivity contribution in [1.29, 1.82) is 0 Å². The van der Waals surface area contributed by atoms with Crippen molar-refractivity contribution in [2.45, 2.75) is 0 Å². The molecule has 2 heteroatoms. The fraction of sp³-hybridized carbons (Fsp3) is 0. The molecule has 1 aromatic heterocycles. The van der Waals surface area contributed by atoms with E-state index in [0.717, 1.165) is 17.1 Å². The number of aromatic nitrogens is 1. The second-order valence-electron chi connectivity index (χ2n) is 13.4. The van der Waals surface area contributed by atoms with Crippen molar-refractivity contribution in [3.05, 3.63) is 205 Å². The highest BCUT2D eigenvalue weighted by molar-refractivity contribution is 6.26. The minimum atomic E-state index is 1.14. The fourth-order valence-electron chi connectivity index (χ4n) is 7.86. The lowest BCUT2D eigenvalue weighted by Crippen LogP contribution is -2.09. The number of benzene rings is 9. The average molecular weight is 663 g/mol. The summed E-state index contributed by atoms with van der Waals surface area (Å²) < 4.78 is 2.40. The number of anilines is 3. The molecule has 0 spiro atoms. The van der Waals surface area contributed by atoms with E-state index in [2.05, 4.69) is 216 Å². The molecule has 0 saturated carbocycles. The molecule has 52 heavy (non-hydrogen) atoms. The van der Waals surface area contributed by atoms with E-state index in [-0.39, 0.29) is 0 Å². The van der Waals surface area contributed by atoms with E-state index >= 15 is 0 Å². The predicted molar refractivity (Wildman–Crippen MR) is 222 cm³/mol. The third-order valence-corrected chi connectivity index (χ3v) is 10.3. The Morgan fingerprint density at radius 1 is 0.385 bits per heavy atom. The highest BCUT2D eigenvalue weighted by Gasteiger charge is 2.18. The maximum Gasteiger partial charge on any atom is 0.0547 e. The summed E-state index contributed by atoms with van der Waals surface area (Å²) in [6.07, 6.45) is 4.42. The van der Waals surface area contributed by atoms with Crippen LogP contribution in [0.5, 0.6) is 0 Å². The molecule has 0 radical (unpaired) electrons. The van der Waals surface area contributed by atoms with Crippen LogP contribution in [-0.4, -0.2) is 4.57 Å². The summed E-state index contributed by atoms with van der Waals surface area (Å²) in [7, 11) is 0. The van der Waals surface area contributed by atoms with E-state index in [9.17, 15) is 0 Å². The lowest BCUT2D eigenvalue weighted by molar-refractivity contribution is 1.18. The van der Waals surface area contributed by atoms with E-state index in [0.29, 0.717) is 0 Å². The number of para-hydroxylation sites is 3. The quantitative estimate of drug-likeness (QED) is 0.122. The van der Waals surface area contributed by atoms with Crippen LogP contribution in [0.4, 0.5) is 17.1 Å². The van der Waals surface area contributed by atoms with E-state index in [1.165, 1.54) is 71.3 Å². The molecule has 2 nitrogen and oxygen atoms in total. The van der Waals surface area contributed by atoms with Gasteiger partial charge in [-0.15, -0.1) is 0 Å². The van der Waals surface area contributed by atoms with Gasteiger partial charge in [-0.2, -0.15) is 0 Å². The Hall–Kier alpha value is -6.90. The maximum atomic E-state index is 2.40. The summed E-state index contributed by atoms with van der Waals surface area (Å²) in [5.74, 6) is 0. The topological polar surface area (TPSA) is 8.17 Å². The normalized spacial score (nSPS) is 11.8. The summed E-state index contributed by atoms with van der Waals surface area (Å²) >= 11 is 0. The molecule has 0 atom stereocenters. The second-order valence-corrected chi connectivity index (χ2v) is 13.4. The molecule has 0 aliphatic carbocycles. The van der Waals surface area contributed by atoms with Gasteiger partial charge in [0.1, 0.15) is 0 Å². The van der Waals surface area contributed by atoms with Gasteiger partial charge in [0.15, 0.2) is 0 Å². The minimum absolute atomic E-state index is 1.14. The van der Waals surface area contributed by atoms with Gasteiger partial charge < -0.3 is 9.47 Å². The van der Waals surface area contributed by atoms with Crippen LogP contribution in [0.25, 0.3) is 72.3 Å². The molecule has 10 rings (SSSR count). The first-order chi connectivity index (χ1) is 25.8. The van der Waals surface area contributed by atoms with Crippen LogP contribution in [-0.2, 0) is 0 Å². The molecule has 0 bridgehead atoms. The van der Waals surface area contributed by atoms with Gasteiger partial charge in [0.25, 0.3) is 0 Å². The van der Waals surface area contributed by atoms with Crippen LogP contribution in [0.1, 0.15) is 11.1 Å². The lowest BCUT2D eigenvalue weighted by Gasteiger charge is -2.25. The third kappa shape index (κ3) is 5.12. The Balaban J connectivity index is 0.947. The van der Waals surface area contributed by atoms with Crippen LogP contribution in [0.15, 0.2) is 194 Å². The molecule has 0 amide bonds. The Bertz CT molecular complexity index is 2830. The van der Waals surface area contributed by atoms with E-state index in [1.54, 1.807) is 0 Å². The van der Waals surface area contributed by atoms with Gasteiger partial charge in [-0.05, 0) is 111 Å². The average Bonchev–Trinajstić information content (AvgIpc) is 3.56. The standard InChI is InChI=1S/C50H34N2/c1-4-12-41(13-5-1)51(42-14-6-2-7-15-42)44-29-27-39-33-36(23-26-40(39)34-44)20-19-35-21-24-37(25-22-35)45-31-32-48-50-46(45)30-28-38-11-10-18-47(49(38)50)52(48)43-16-8-3-9-17-43/h1-34H.